The molecule has 4 atom stereocenters. The van der Waals surface area contributed by atoms with Gasteiger partial charge in [0, 0.05) is 13.2 Å². The molecule has 2 heterocycles. The molecule has 0 amide bonds. The highest BCUT2D eigenvalue weighted by Crippen LogP contribution is 2.27. The van der Waals surface area contributed by atoms with Crippen LogP contribution >= 0.6 is 0 Å². The molecule has 0 spiro atoms. The Morgan fingerprint density at radius 3 is 2.72 bits per heavy atom. The van der Waals surface area contributed by atoms with Crippen LogP contribution in [0.15, 0.2) is 17.1 Å². The number of aliphatic hydroxyl groups excluding tert-OH is 3. The Hall–Kier alpha value is -1.48. The standard InChI is InChI=1S/C10H15N3O5/c1-11-6-2-3-13(10(17)12-6)9-8(16)7(15)5(4-14)18-9/h2-3,5,7-9,14-16H,4H2,1H3,(H,11,12,17)/t5-,7?,8?,9-/m0/s1. The van der Waals surface area contributed by atoms with Crippen molar-refractivity contribution < 1.29 is 20.1 Å². The Labute approximate surface area is 102 Å². The van der Waals surface area contributed by atoms with Gasteiger partial charge < -0.3 is 25.4 Å². The Morgan fingerprint density at radius 1 is 1.50 bits per heavy atom. The molecule has 4 N–H and O–H groups in total. The molecule has 0 radical (unpaired) electrons. The number of rotatable bonds is 3. The van der Waals surface area contributed by atoms with E-state index in [1.54, 1.807) is 7.05 Å². The van der Waals surface area contributed by atoms with Gasteiger partial charge in [-0.2, -0.15) is 4.98 Å². The third-order valence-electron chi connectivity index (χ3n) is 2.88. The molecular formula is C10H15N3O5. The lowest BCUT2D eigenvalue weighted by molar-refractivity contribution is -0.0549. The van der Waals surface area contributed by atoms with Gasteiger partial charge in [-0.25, -0.2) is 4.79 Å². The van der Waals surface area contributed by atoms with Crippen molar-refractivity contribution in [2.24, 2.45) is 0 Å². The van der Waals surface area contributed by atoms with Crippen LogP contribution in [-0.2, 0) is 4.74 Å². The van der Waals surface area contributed by atoms with E-state index in [4.69, 9.17) is 9.84 Å². The molecule has 100 valence electrons. The van der Waals surface area contributed by atoms with Crippen molar-refractivity contribution in [3.8, 4) is 0 Å². The molecule has 8 heteroatoms. The topological polar surface area (TPSA) is 117 Å². The summed E-state index contributed by atoms with van der Waals surface area (Å²) >= 11 is 0. The van der Waals surface area contributed by atoms with E-state index in [2.05, 4.69) is 10.3 Å². The average molecular weight is 257 g/mol. The molecule has 0 bridgehead atoms. The third kappa shape index (κ3) is 2.10. The van der Waals surface area contributed by atoms with Crippen LogP contribution in [0.2, 0.25) is 0 Å². The number of hydrogen-bond acceptors (Lipinski definition) is 7. The van der Waals surface area contributed by atoms with Crippen LogP contribution in [0.3, 0.4) is 0 Å². The van der Waals surface area contributed by atoms with E-state index in [1.165, 1.54) is 12.3 Å². The van der Waals surface area contributed by atoms with Crippen molar-refractivity contribution in [1.82, 2.24) is 9.55 Å². The van der Waals surface area contributed by atoms with Gasteiger partial charge in [-0.05, 0) is 6.07 Å². The maximum absolute atomic E-state index is 11.7. The van der Waals surface area contributed by atoms with E-state index < -0.39 is 36.8 Å². The molecule has 0 aliphatic carbocycles. The van der Waals surface area contributed by atoms with Gasteiger partial charge in [0.05, 0.1) is 6.61 Å². The zero-order valence-corrected chi connectivity index (χ0v) is 9.72. The maximum Gasteiger partial charge on any atom is 0.351 e. The second-order valence-corrected chi connectivity index (χ2v) is 3.98. The number of ether oxygens (including phenoxy) is 1. The number of nitrogens with zero attached hydrogens (tertiary/aromatic N) is 2. The highest BCUT2D eigenvalue weighted by molar-refractivity contribution is 5.30. The second kappa shape index (κ2) is 5.02. The van der Waals surface area contributed by atoms with Crippen LogP contribution < -0.4 is 11.0 Å². The van der Waals surface area contributed by atoms with Crippen molar-refractivity contribution in [3.63, 3.8) is 0 Å². The summed E-state index contributed by atoms with van der Waals surface area (Å²) in [7, 11) is 1.62. The first-order valence-electron chi connectivity index (χ1n) is 5.48. The van der Waals surface area contributed by atoms with Gasteiger partial charge in [-0.15, -0.1) is 0 Å². The normalized spacial score (nSPS) is 31.6. The number of aliphatic hydroxyl groups is 3. The van der Waals surface area contributed by atoms with Crippen LogP contribution in [0.25, 0.3) is 0 Å². The first-order chi connectivity index (χ1) is 8.58. The molecule has 0 saturated carbocycles. The van der Waals surface area contributed by atoms with Crippen molar-refractivity contribution in [2.75, 3.05) is 19.0 Å². The van der Waals surface area contributed by atoms with E-state index in [-0.39, 0.29) is 0 Å². The predicted molar refractivity (Wildman–Crippen MR) is 61.1 cm³/mol. The SMILES string of the molecule is CNc1ccn([C@H]2O[C@@H](CO)C(O)C2O)c(=O)n1. The van der Waals surface area contributed by atoms with E-state index in [1.807, 2.05) is 0 Å². The summed E-state index contributed by atoms with van der Waals surface area (Å²) in [6.45, 7) is -0.439. The Morgan fingerprint density at radius 2 is 2.22 bits per heavy atom. The molecule has 1 saturated heterocycles. The molecule has 8 nitrogen and oxygen atoms in total. The quantitative estimate of drug-likeness (QED) is 0.490. The zero-order valence-electron chi connectivity index (χ0n) is 9.72. The fraction of sp³-hybridized carbons (Fsp3) is 0.600. The Kier molecular flexibility index (Phi) is 3.62. The lowest BCUT2D eigenvalue weighted by Crippen LogP contribution is -2.36. The number of hydrogen-bond donors (Lipinski definition) is 4. The van der Waals surface area contributed by atoms with Gasteiger partial charge in [0.2, 0.25) is 0 Å². The molecule has 2 rings (SSSR count). The van der Waals surface area contributed by atoms with Gasteiger partial charge >= 0.3 is 5.69 Å². The van der Waals surface area contributed by atoms with Crippen molar-refractivity contribution in [2.45, 2.75) is 24.5 Å². The monoisotopic (exact) mass is 257 g/mol. The smallest absolute Gasteiger partial charge is 0.351 e. The third-order valence-corrected chi connectivity index (χ3v) is 2.88. The lowest BCUT2D eigenvalue weighted by atomic mass is 10.1. The number of aromatic nitrogens is 2. The number of anilines is 1. The molecule has 1 aromatic heterocycles. The van der Waals surface area contributed by atoms with Crippen LogP contribution in [0.5, 0.6) is 0 Å². The summed E-state index contributed by atoms with van der Waals surface area (Å²) in [5.41, 5.74) is -0.614. The fourth-order valence-electron chi connectivity index (χ4n) is 1.86. The Balaban J connectivity index is 2.30. The van der Waals surface area contributed by atoms with Crippen molar-refractivity contribution in [1.29, 1.82) is 0 Å². The summed E-state index contributed by atoms with van der Waals surface area (Å²) in [6, 6.07) is 1.54. The lowest BCUT2D eigenvalue weighted by Gasteiger charge is -2.17. The molecule has 2 unspecified atom stereocenters. The van der Waals surface area contributed by atoms with Crippen LogP contribution in [0, 0.1) is 0 Å². The Bertz CT molecular complexity index is 477. The molecular weight excluding hydrogens is 242 g/mol. The van der Waals surface area contributed by atoms with Gasteiger partial charge in [0.1, 0.15) is 24.1 Å². The van der Waals surface area contributed by atoms with E-state index in [0.29, 0.717) is 5.82 Å². The van der Waals surface area contributed by atoms with Crippen molar-refractivity contribution in [3.05, 3.63) is 22.7 Å². The highest BCUT2D eigenvalue weighted by atomic mass is 16.6. The summed E-state index contributed by atoms with van der Waals surface area (Å²) < 4.78 is 6.30. The van der Waals surface area contributed by atoms with Gasteiger partial charge in [0.15, 0.2) is 6.23 Å². The van der Waals surface area contributed by atoms with Gasteiger partial charge in [0.25, 0.3) is 0 Å². The highest BCUT2D eigenvalue weighted by Gasteiger charge is 2.43. The second-order valence-electron chi connectivity index (χ2n) is 3.98. The summed E-state index contributed by atoms with van der Waals surface area (Å²) in [6.07, 6.45) is -3.09. The molecule has 1 aliphatic heterocycles. The summed E-state index contributed by atoms with van der Waals surface area (Å²) in [5, 5.41) is 31.0. The molecule has 1 fully saturated rings. The minimum atomic E-state index is -1.29. The summed E-state index contributed by atoms with van der Waals surface area (Å²) in [4.78, 5) is 15.4. The van der Waals surface area contributed by atoms with Crippen molar-refractivity contribution >= 4 is 5.82 Å². The first-order valence-corrected chi connectivity index (χ1v) is 5.48. The summed E-state index contributed by atoms with van der Waals surface area (Å²) in [5.74, 6) is 0.392. The molecule has 18 heavy (non-hydrogen) atoms. The molecule has 1 aromatic rings. The number of nitrogens with one attached hydrogen (secondary N) is 1. The van der Waals surface area contributed by atoms with Gasteiger partial charge in [-0.1, -0.05) is 0 Å². The minimum Gasteiger partial charge on any atom is -0.394 e. The van der Waals surface area contributed by atoms with E-state index in [0.717, 1.165) is 4.57 Å². The van der Waals surface area contributed by atoms with Crippen LogP contribution in [-0.4, -0.2) is 56.8 Å². The fourth-order valence-corrected chi connectivity index (χ4v) is 1.86. The van der Waals surface area contributed by atoms with E-state index in [9.17, 15) is 15.0 Å². The largest absolute Gasteiger partial charge is 0.394 e. The maximum atomic E-state index is 11.7. The first kappa shape index (κ1) is 13.0. The van der Waals surface area contributed by atoms with Crippen LogP contribution in [0.4, 0.5) is 5.82 Å². The average Bonchev–Trinajstić information content (AvgIpc) is 2.66. The predicted octanol–water partition coefficient (Wildman–Crippen LogP) is -2.10. The van der Waals surface area contributed by atoms with Gasteiger partial charge in [-0.3, -0.25) is 4.57 Å². The van der Waals surface area contributed by atoms with Crippen LogP contribution in [0.1, 0.15) is 6.23 Å². The molecule has 1 aliphatic rings. The zero-order chi connectivity index (χ0) is 13.3. The minimum absolute atomic E-state index is 0.392. The van der Waals surface area contributed by atoms with E-state index >= 15 is 0 Å². The molecule has 0 aromatic carbocycles.